The third-order valence-corrected chi connectivity index (χ3v) is 5.23. The fraction of sp³-hybridized carbons (Fsp3) is 0.263. The van der Waals surface area contributed by atoms with E-state index < -0.39 is 0 Å². The van der Waals surface area contributed by atoms with Gasteiger partial charge >= 0.3 is 0 Å². The van der Waals surface area contributed by atoms with Crippen molar-refractivity contribution in [2.75, 3.05) is 13.6 Å². The molecule has 0 saturated carbocycles. The Morgan fingerprint density at radius 3 is 3.00 bits per heavy atom. The molecular weight excluding hydrogens is 320 g/mol. The first-order valence-corrected chi connectivity index (χ1v) is 8.86. The summed E-state index contributed by atoms with van der Waals surface area (Å²) >= 11 is 1.55. The van der Waals surface area contributed by atoms with Gasteiger partial charge in [-0.15, -0.1) is 11.3 Å². The molecule has 2 heterocycles. The highest BCUT2D eigenvalue weighted by Crippen LogP contribution is 2.22. The molecule has 1 aromatic heterocycles. The molecule has 0 fully saturated rings. The number of nitrogens with zero attached hydrogens (tertiary/aromatic N) is 2. The maximum atomic E-state index is 12.7. The number of ether oxygens (including phenoxy) is 1. The molecule has 0 unspecified atom stereocenters. The molecule has 1 aliphatic heterocycles. The summed E-state index contributed by atoms with van der Waals surface area (Å²) in [7, 11) is 1.84. The van der Waals surface area contributed by atoms with E-state index in [1.165, 1.54) is 11.1 Å². The fourth-order valence-electron chi connectivity index (χ4n) is 3.12. The van der Waals surface area contributed by atoms with Crippen molar-refractivity contribution in [3.63, 3.8) is 0 Å². The van der Waals surface area contributed by atoms with Gasteiger partial charge in [0.2, 0.25) is 0 Å². The lowest BCUT2D eigenvalue weighted by atomic mass is 9.99. The van der Waals surface area contributed by atoms with Crippen molar-refractivity contribution < 1.29 is 9.53 Å². The number of rotatable bonds is 3. The first kappa shape index (κ1) is 15.3. The topological polar surface area (TPSA) is 42.4 Å². The van der Waals surface area contributed by atoms with Crippen LogP contribution in [0.15, 0.2) is 48.0 Å². The molecule has 0 N–H and O–H groups in total. The van der Waals surface area contributed by atoms with E-state index >= 15 is 0 Å². The van der Waals surface area contributed by atoms with Crippen molar-refractivity contribution in [1.82, 2.24) is 9.88 Å². The molecule has 0 bridgehead atoms. The maximum Gasteiger partial charge on any atom is 0.253 e. The number of hydrogen-bond donors (Lipinski definition) is 0. The van der Waals surface area contributed by atoms with Gasteiger partial charge in [-0.1, -0.05) is 24.3 Å². The zero-order valence-electron chi connectivity index (χ0n) is 13.4. The summed E-state index contributed by atoms with van der Waals surface area (Å²) in [6.07, 6.45) is 0.891. The van der Waals surface area contributed by atoms with Crippen LogP contribution < -0.4 is 0 Å². The van der Waals surface area contributed by atoms with E-state index in [4.69, 9.17) is 4.74 Å². The van der Waals surface area contributed by atoms with Gasteiger partial charge in [0.25, 0.3) is 5.91 Å². The van der Waals surface area contributed by atoms with Crippen LogP contribution in [0, 0.1) is 0 Å². The van der Waals surface area contributed by atoms with Crippen LogP contribution in [0.2, 0.25) is 0 Å². The lowest BCUT2D eigenvalue weighted by molar-refractivity contribution is 0.00985. The minimum Gasteiger partial charge on any atom is -0.371 e. The molecule has 0 spiro atoms. The average molecular weight is 338 g/mol. The van der Waals surface area contributed by atoms with Gasteiger partial charge in [-0.05, 0) is 29.3 Å². The zero-order chi connectivity index (χ0) is 16.5. The molecule has 4 rings (SSSR count). The first-order valence-electron chi connectivity index (χ1n) is 7.98. The molecule has 3 aromatic rings. The smallest absolute Gasteiger partial charge is 0.253 e. The molecule has 0 aliphatic carbocycles. The summed E-state index contributed by atoms with van der Waals surface area (Å²) in [6, 6.07) is 14.0. The number of carbonyl (C=O) groups excluding carboxylic acids is 1. The Hall–Kier alpha value is -2.24. The van der Waals surface area contributed by atoms with Crippen molar-refractivity contribution in [2.24, 2.45) is 0 Å². The van der Waals surface area contributed by atoms with E-state index in [1.807, 2.05) is 31.3 Å². The maximum absolute atomic E-state index is 12.7. The predicted octanol–water partition coefficient (Wildman–Crippen LogP) is 3.51. The van der Waals surface area contributed by atoms with E-state index in [-0.39, 0.29) is 12.0 Å². The second-order valence-corrected chi connectivity index (χ2v) is 7.01. The van der Waals surface area contributed by atoms with Crippen LogP contribution >= 0.6 is 11.3 Å². The largest absolute Gasteiger partial charge is 0.371 e. The highest BCUT2D eigenvalue weighted by atomic mass is 32.1. The summed E-state index contributed by atoms with van der Waals surface area (Å²) < 4.78 is 6.96. The summed E-state index contributed by atoms with van der Waals surface area (Å²) in [5, 5.41) is 0. The SMILES string of the molecule is CN(C[C@@H]1Cc2ccccc2CO1)C(=O)c1ccc2ncsc2c1. The van der Waals surface area contributed by atoms with E-state index in [0.29, 0.717) is 18.7 Å². The molecule has 4 nitrogen and oxygen atoms in total. The van der Waals surface area contributed by atoms with Crippen molar-refractivity contribution in [1.29, 1.82) is 0 Å². The van der Waals surface area contributed by atoms with Crippen LogP contribution in [-0.4, -0.2) is 35.5 Å². The van der Waals surface area contributed by atoms with Crippen LogP contribution in [-0.2, 0) is 17.8 Å². The molecule has 0 radical (unpaired) electrons. The van der Waals surface area contributed by atoms with Crippen LogP contribution in [0.3, 0.4) is 0 Å². The highest BCUT2D eigenvalue weighted by molar-refractivity contribution is 7.16. The van der Waals surface area contributed by atoms with Crippen molar-refractivity contribution in [3.8, 4) is 0 Å². The number of benzene rings is 2. The molecular formula is C19H18N2O2S. The molecule has 1 atom stereocenters. The molecule has 1 amide bonds. The van der Waals surface area contributed by atoms with Gasteiger partial charge in [-0.3, -0.25) is 4.79 Å². The second-order valence-electron chi connectivity index (χ2n) is 6.13. The van der Waals surface area contributed by atoms with E-state index in [9.17, 15) is 4.79 Å². The van der Waals surface area contributed by atoms with E-state index in [2.05, 4.69) is 23.2 Å². The third-order valence-electron chi connectivity index (χ3n) is 4.44. The fourth-order valence-corrected chi connectivity index (χ4v) is 3.84. The molecule has 5 heteroatoms. The molecule has 1 aliphatic rings. The standard InChI is InChI=1S/C19H18N2O2S/c1-21(10-16-8-13-4-2-3-5-15(13)11-23-16)19(22)14-6-7-17-18(9-14)24-12-20-17/h2-7,9,12,16H,8,10-11H2,1H3/t16-/m0/s1. The lowest BCUT2D eigenvalue weighted by Crippen LogP contribution is -2.38. The summed E-state index contributed by atoms with van der Waals surface area (Å²) in [5.41, 5.74) is 6.01. The highest BCUT2D eigenvalue weighted by Gasteiger charge is 2.22. The number of thiazole rings is 1. The Morgan fingerprint density at radius 2 is 2.12 bits per heavy atom. The van der Waals surface area contributed by atoms with Crippen molar-refractivity contribution in [2.45, 2.75) is 19.1 Å². The Labute approximate surface area is 144 Å². The monoisotopic (exact) mass is 338 g/mol. The van der Waals surface area contributed by atoms with Crippen LogP contribution in [0.4, 0.5) is 0 Å². The number of amides is 1. The van der Waals surface area contributed by atoms with Gasteiger partial charge < -0.3 is 9.64 Å². The molecule has 2 aromatic carbocycles. The second kappa shape index (κ2) is 6.34. The third kappa shape index (κ3) is 2.92. The van der Waals surface area contributed by atoms with E-state index in [1.54, 1.807) is 21.7 Å². The minimum absolute atomic E-state index is 0.0211. The van der Waals surface area contributed by atoms with Gasteiger partial charge in [0.05, 0.1) is 28.4 Å². The number of carbonyl (C=O) groups is 1. The number of likely N-dealkylation sites (N-methyl/N-ethyl adjacent to an activating group) is 1. The zero-order valence-corrected chi connectivity index (χ0v) is 14.3. The number of aromatic nitrogens is 1. The van der Waals surface area contributed by atoms with Crippen LogP contribution in [0.1, 0.15) is 21.5 Å². The van der Waals surface area contributed by atoms with Crippen LogP contribution in [0.5, 0.6) is 0 Å². The van der Waals surface area contributed by atoms with E-state index in [0.717, 1.165) is 16.6 Å². The summed E-state index contributed by atoms with van der Waals surface area (Å²) in [5.74, 6) is 0.0211. The van der Waals surface area contributed by atoms with Gasteiger partial charge in [0.1, 0.15) is 0 Å². The van der Waals surface area contributed by atoms with Crippen molar-refractivity contribution >= 4 is 27.5 Å². The molecule has 24 heavy (non-hydrogen) atoms. The minimum atomic E-state index is 0.0211. The Morgan fingerprint density at radius 1 is 1.29 bits per heavy atom. The summed E-state index contributed by atoms with van der Waals surface area (Å²) in [6.45, 7) is 1.21. The van der Waals surface area contributed by atoms with Gasteiger partial charge in [0.15, 0.2) is 0 Å². The van der Waals surface area contributed by atoms with Crippen molar-refractivity contribution in [3.05, 3.63) is 64.7 Å². The Kier molecular flexibility index (Phi) is 4.04. The Bertz CT molecular complexity index is 890. The predicted molar refractivity (Wildman–Crippen MR) is 95.3 cm³/mol. The lowest BCUT2D eigenvalue weighted by Gasteiger charge is -2.29. The number of hydrogen-bond acceptors (Lipinski definition) is 4. The molecule has 122 valence electrons. The normalized spacial score (nSPS) is 16.8. The summed E-state index contributed by atoms with van der Waals surface area (Å²) in [4.78, 5) is 18.7. The first-order chi connectivity index (χ1) is 11.7. The van der Waals surface area contributed by atoms with Gasteiger partial charge in [-0.25, -0.2) is 4.98 Å². The quantitative estimate of drug-likeness (QED) is 0.734. The number of fused-ring (bicyclic) bond motifs is 2. The van der Waals surface area contributed by atoms with Gasteiger partial charge in [0, 0.05) is 25.6 Å². The van der Waals surface area contributed by atoms with Gasteiger partial charge in [-0.2, -0.15) is 0 Å². The van der Waals surface area contributed by atoms with Crippen LogP contribution in [0.25, 0.3) is 10.2 Å². The molecule has 0 saturated heterocycles. The Balaban J connectivity index is 1.46. The average Bonchev–Trinajstić information content (AvgIpc) is 3.08.